The number of sulfone groups is 1. The quantitative estimate of drug-likeness (QED) is 0.755. The standard InChI is InChI=1S/C15H12BrFO3S/c16-12-3-7-14(8-4-12)21(19,20)10-9-15(18)11-1-5-13(17)6-2-11/h1-8H,9-10H2. The summed E-state index contributed by atoms with van der Waals surface area (Å²) in [6.45, 7) is 0. The van der Waals surface area contributed by atoms with E-state index in [0.29, 0.717) is 5.56 Å². The highest BCUT2D eigenvalue weighted by Gasteiger charge is 2.17. The van der Waals surface area contributed by atoms with E-state index >= 15 is 0 Å². The van der Waals surface area contributed by atoms with Crippen molar-refractivity contribution in [2.24, 2.45) is 0 Å². The Morgan fingerprint density at radius 2 is 1.57 bits per heavy atom. The average Bonchev–Trinajstić information content (AvgIpc) is 2.46. The van der Waals surface area contributed by atoms with Crippen molar-refractivity contribution in [3.05, 3.63) is 64.4 Å². The number of Topliss-reactive ketones (excluding diaryl/α,β-unsaturated/α-hetero) is 1. The highest BCUT2D eigenvalue weighted by molar-refractivity contribution is 9.10. The van der Waals surface area contributed by atoms with Gasteiger partial charge in [0.25, 0.3) is 0 Å². The zero-order valence-corrected chi connectivity index (χ0v) is 13.3. The van der Waals surface area contributed by atoms with Crippen LogP contribution in [0.5, 0.6) is 0 Å². The highest BCUT2D eigenvalue weighted by Crippen LogP contribution is 2.17. The number of rotatable bonds is 5. The van der Waals surface area contributed by atoms with Crippen molar-refractivity contribution in [1.29, 1.82) is 0 Å². The number of halogens is 2. The lowest BCUT2D eigenvalue weighted by atomic mass is 10.1. The van der Waals surface area contributed by atoms with Crippen LogP contribution in [0.25, 0.3) is 0 Å². The molecule has 6 heteroatoms. The van der Waals surface area contributed by atoms with Gasteiger partial charge in [-0.25, -0.2) is 12.8 Å². The molecule has 21 heavy (non-hydrogen) atoms. The molecule has 3 nitrogen and oxygen atoms in total. The van der Waals surface area contributed by atoms with Crippen molar-refractivity contribution in [3.8, 4) is 0 Å². The summed E-state index contributed by atoms with van der Waals surface area (Å²) in [5, 5.41) is 0. The van der Waals surface area contributed by atoms with Gasteiger partial charge in [-0.2, -0.15) is 0 Å². The maximum Gasteiger partial charge on any atom is 0.178 e. The molecule has 0 aliphatic carbocycles. The van der Waals surface area contributed by atoms with Gasteiger partial charge in [-0.15, -0.1) is 0 Å². The molecule has 0 bridgehead atoms. The summed E-state index contributed by atoms with van der Waals surface area (Å²) in [5.74, 6) is -1.03. The fraction of sp³-hybridized carbons (Fsp3) is 0.133. The number of hydrogen-bond donors (Lipinski definition) is 0. The molecule has 110 valence electrons. The molecule has 0 unspecified atom stereocenters. The van der Waals surface area contributed by atoms with Crippen LogP contribution in [0.3, 0.4) is 0 Å². The van der Waals surface area contributed by atoms with E-state index < -0.39 is 15.7 Å². The van der Waals surface area contributed by atoms with Crippen LogP contribution < -0.4 is 0 Å². The van der Waals surface area contributed by atoms with E-state index in [2.05, 4.69) is 15.9 Å². The molecule has 2 aromatic rings. The predicted molar refractivity (Wildman–Crippen MR) is 81.5 cm³/mol. The first-order chi connectivity index (χ1) is 9.88. The van der Waals surface area contributed by atoms with Crippen molar-refractivity contribution in [3.63, 3.8) is 0 Å². The largest absolute Gasteiger partial charge is 0.294 e. The molecule has 0 aliphatic heterocycles. The van der Waals surface area contributed by atoms with E-state index in [0.717, 1.165) is 4.47 Å². The van der Waals surface area contributed by atoms with Crippen molar-refractivity contribution >= 4 is 31.6 Å². The molecule has 0 heterocycles. The first-order valence-electron chi connectivity index (χ1n) is 6.15. The van der Waals surface area contributed by atoms with Crippen LogP contribution in [0, 0.1) is 5.82 Å². The van der Waals surface area contributed by atoms with E-state index in [4.69, 9.17) is 0 Å². The summed E-state index contributed by atoms with van der Waals surface area (Å²) in [6, 6.07) is 11.3. The molecule has 0 amide bonds. The van der Waals surface area contributed by atoms with Crippen molar-refractivity contribution in [2.75, 3.05) is 5.75 Å². The molecule has 0 saturated carbocycles. The summed E-state index contributed by atoms with van der Waals surface area (Å²) < 4.78 is 37.8. The van der Waals surface area contributed by atoms with Crippen LogP contribution in [-0.4, -0.2) is 20.0 Å². The second-order valence-electron chi connectivity index (χ2n) is 4.45. The van der Waals surface area contributed by atoms with Gasteiger partial charge in [0.2, 0.25) is 0 Å². The van der Waals surface area contributed by atoms with Crippen LogP contribution in [0.15, 0.2) is 57.9 Å². The minimum Gasteiger partial charge on any atom is -0.294 e. The van der Waals surface area contributed by atoms with Gasteiger partial charge in [-0.05, 0) is 48.5 Å². The number of carbonyl (C=O) groups excluding carboxylic acids is 1. The number of carbonyl (C=O) groups is 1. The maximum atomic E-state index is 12.8. The van der Waals surface area contributed by atoms with E-state index in [1.807, 2.05) is 0 Å². The van der Waals surface area contributed by atoms with Crippen molar-refractivity contribution < 1.29 is 17.6 Å². The van der Waals surface area contributed by atoms with Gasteiger partial charge < -0.3 is 0 Å². The first kappa shape index (κ1) is 15.9. The minimum atomic E-state index is -3.50. The van der Waals surface area contributed by atoms with Crippen LogP contribution in [-0.2, 0) is 9.84 Å². The molecular formula is C15H12BrFO3S. The number of hydrogen-bond acceptors (Lipinski definition) is 3. The van der Waals surface area contributed by atoms with Crippen LogP contribution in [0.2, 0.25) is 0 Å². The highest BCUT2D eigenvalue weighted by atomic mass is 79.9. The Balaban J connectivity index is 2.06. The summed E-state index contributed by atoms with van der Waals surface area (Å²) in [7, 11) is -3.50. The first-order valence-corrected chi connectivity index (χ1v) is 8.60. The Hall–Kier alpha value is -1.53. The van der Waals surface area contributed by atoms with E-state index in [1.165, 1.54) is 36.4 Å². The van der Waals surface area contributed by atoms with Crippen molar-refractivity contribution in [1.82, 2.24) is 0 Å². The van der Waals surface area contributed by atoms with Gasteiger partial charge in [0.1, 0.15) is 5.82 Å². The Kier molecular flexibility index (Phi) is 4.90. The molecule has 0 N–H and O–H groups in total. The molecule has 2 rings (SSSR count). The molecule has 0 atom stereocenters. The third-order valence-electron chi connectivity index (χ3n) is 2.94. The van der Waals surface area contributed by atoms with Gasteiger partial charge >= 0.3 is 0 Å². The minimum absolute atomic E-state index is 0.135. The van der Waals surface area contributed by atoms with E-state index in [-0.39, 0.29) is 22.9 Å². The van der Waals surface area contributed by atoms with Crippen LogP contribution in [0.1, 0.15) is 16.8 Å². The number of ketones is 1. The van der Waals surface area contributed by atoms with Crippen LogP contribution >= 0.6 is 15.9 Å². The van der Waals surface area contributed by atoms with Gasteiger partial charge in [0.15, 0.2) is 15.6 Å². The third-order valence-corrected chi connectivity index (χ3v) is 5.20. The Morgan fingerprint density at radius 3 is 2.14 bits per heavy atom. The number of benzene rings is 2. The summed E-state index contributed by atoms with van der Waals surface area (Å²) in [4.78, 5) is 12.1. The second kappa shape index (κ2) is 6.49. The molecule has 0 aromatic heterocycles. The normalized spacial score (nSPS) is 11.3. The maximum absolute atomic E-state index is 12.8. The third kappa shape index (κ3) is 4.22. The summed E-state index contributed by atoms with van der Waals surface area (Å²) in [6.07, 6.45) is -0.135. The van der Waals surface area contributed by atoms with Crippen molar-refractivity contribution in [2.45, 2.75) is 11.3 Å². The lowest BCUT2D eigenvalue weighted by molar-refractivity contribution is 0.0988. The molecular weight excluding hydrogens is 359 g/mol. The summed E-state index contributed by atoms with van der Waals surface area (Å²) in [5.41, 5.74) is 0.308. The smallest absolute Gasteiger partial charge is 0.178 e. The predicted octanol–water partition coefficient (Wildman–Crippen LogP) is 3.63. The molecule has 0 radical (unpaired) electrons. The lowest BCUT2D eigenvalue weighted by Gasteiger charge is -2.04. The van der Waals surface area contributed by atoms with Gasteiger partial charge in [-0.1, -0.05) is 15.9 Å². The van der Waals surface area contributed by atoms with E-state index in [9.17, 15) is 17.6 Å². The molecule has 0 spiro atoms. The SMILES string of the molecule is O=C(CCS(=O)(=O)c1ccc(Br)cc1)c1ccc(F)cc1. The monoisotopic (exact) mass is 370 g/mol. The molecule has 0 fully saturated rings. The van der Waals surface area contributed by atoms with Crippen LogP contribution in [0.4, 0.5) is 4.39 Å². The average molecular weight is 371 g/mol. The fourth-order valence-corrected chi connectivity index (χ4v) is 3.27. The van der Waals surface area contributed by atoms with Gasteiger partial charge in [-0.3, -0.25) is 4.79 Å². The molecule has 2 aromatic carbocycles. The fourth-order valence-electron chi connectivity index (χ4n) is 1.77. The Bertz CT molecular complexity index is 737. The Morgan fingerprint density at radius 1 is 1.00 bits per heavy atom. The topological polar surface area (TPSA) is 51.2 Å². The molecule has 0 saturated heterocycles. The second-order valence-corrected chi connectivity index (χ2v) is 7.48. The molecule has 0 aliphatic rings. The van der Waals surface area contributed by atoms with E-state index in [1.54, 1.807) is 12.1 Å². The Labute approximate surface area is 130 Å². The zero-order chi connectivity index (χ0) is 15.5. The lowest BCUT2D eigenvalue weighted by Crippen LogP contribution is -2.11. The van der Waals surface area contributed by atoms with Gasteiger partial charge in [0.05, 0.1) is 10.6 Å². The van der Waals surface area contributed by atoms with Gasteiger partial charge in [0, 0.05) is 16.5 Å². The zero-order valence-electron chi connectivity index (χ0n) is 10.9. The summed E-state index contributed by atoms with van der Waals surface area (Å²) >= 11 is 3.23.